The van der Waals surface area contributed by atoms with Crippen LogP contribution in [-0.2, 0) is 9.47 Å². The molecule has 14 heavy (non-hydrogen) atoms. The molecule has 0 atom stereocenters. The van der Waals surface area contributed by atoms with Crippen LogP contribution in [0, 0.1) is 5.41 Å². The molecule has 1 aliphatic heterocycles. The van der Waals surface area contributed by atoms with Gasteiger partial charge in [0.1, 0.15) is 6.79 Å². The lowest BCUT2D eigenvalue weighted by Crippen LogP contribution is -2.37. The molecule has 2 nitrogen and oxygen atoms in total. The SMILES string of the molecule is CCCCC1(CCCC)COCOC1. The third kappa shape index (κ3) is 3.58. The van der Waals surface area contributed by atoms with Gasteiger partial charge in [0, 0.05) is 5.41 Å². The molecule has 0 spiro atoms. The molecule has 0 aromatic rings. The number of hydrogen-bond donors (Lipinski definition) is 0. The Hall–Kier alpha value is -0.0800. The third-order valence-electron chi connectivity index (χ3n) is 3.10. The molecule has 1 heterocycles. The van der Waals surface area contributed by atoms with Crippen molar-refractivity contribution >= 4 is 0 Å². The first kappa shape index (κ1) is 12.0. The van der Waals surface area contributed by atoms with Gasteiger partial charge in [0.05, 0.1) is 13.2 Å². The molecule has 0 N–H and O–H groups in total. The molecule has 0 bridgehead atoms. The van der Waals surface area contributed by atoms with Crippen molar-refractivity contribution in [1.29, 1.82) is 0 Å². The van der Waals surface area contributed by atoms with Crippen molar-refractivity contribution in [2.75, 3.05) is 20.0 Å². The van der Waals surface area contributed by atoms with E-state index in [1.165, 1.54) is 38.5 Å². The zero-order chi connectivity index (χ0) is 10.3. The van der Waals surface area contributed by atoms with Gasteiger partial charge in [-0.25, -0.2) is 0 Å². The van der Waals surface area contributed by atoms with Crippen LogP contribution >= 0.6 is 0 Å². The standard InChI is InChI=1S/C12H24O2/c1-3-5-7-12(8-6-4-2)9-13-11-14-10-12/h3-11H2,1-2H3. The average Bonchev–Trinajstić information content (AvgIpc) is 2.25. The second-order valence-corrected chi connectivity index (χ2v) is 4.52. The maximum absolute atomic E-state index is 5.46. The Morgan fingerprint density at radius 3 is 1.86 bits per heavy atom. The van der Waals surface area contributed by atoms with E-state index >= 15 is 0 Å². The smallest absolute Gasteiger partial charge is 0.146 e. The van der Waals surface area contributed by atoms with Gasteiger partial charge >= 0.3 is 0 Å². The summed E-state index contributed by atoms with van der Waals surface area (Å²) in [6.07, 6.45) is 7.68. The van der Waals surface area contributed by atoms with Gasteiger partial charge in [0.25, 0.3) is 0 Å². The molecule has 0 aromatic carbocycles. The van der Waals surface area contributed by atoms with Crippen molar-refractivity contribution in [2.45, 2.75) is 52.4 Å². The molecule has 1 fully saturated rings. The summed E-state index contributed by atoms with van der Waals surface area (Å²) < 4.78 is 10.9. The molecule has 1 saturated heterocycles. The van der Waals surface area contributed by atoms with Crippen LogP contribution in [-0.4, -0.2) is 20.0 Å². The highest BCUT2D eigenvalue weighted by Gasteiger charge is 2.32. The lowest BCUT2D eigenvalue weighted by Gasteiger charge is -2.37. The van der Waals surface area contributed by atoms with E-state index in [4.69, 9.17) is 9.47 Å². The normalized spacial score (nSPS) is 21.0. The summed E-state index contributed by atoms with van der Waals surface area (Å²) in [5, 5.41) is 0. The second-order valence-electron chi connectivity index (χ2n) is 4.52. The molecular weight excluding hydrogens is 176 g/mol. The van der Waals surface area contributed by atoms with Crippen LogP contribution in [0.2, 0.25) is 0 Å². The Bertz CT molecular complexity index is 129. The fourth-order valence-corrected chi connectivity index (χ4v) is 2.13. The van der Waals surface area contributed by atoms with Crippen LogP contribution in [0.15, 0.2) is 0 Å². The number of ether oxygens (including phenoxy) is 2. The van der Waals surface area contributed by atoms with Crippen molar-refractivity contribution in [1.82, 2.24) is 0 Å². The van der Waals surface area contributed by atoms with E-state index in [2.05, 4.69) is 13.8 Å². The second kappa shape index (κ2) is 6.41. The van der Waals surface area contributed by atoms with Gasteiger partial charge in [-0.15, -0.1) is 0 Å². The molecule has 1 rings (SSSR count). The Kier molecular flexibility index (Phi) is 5.49. The van der Waals surface area contributed by atoms with Crippen LogP contribution in [0.5, 0.6) is 0 Å². The predicted molar refractivity (Wildman–Crippen MR) is 58.3 cm³/mol. The lowest BCUT2D eigenvalue weighted by atomic mass is 9.79. The maximum Gasteiger partial charge on any atom is 0.146 e. The van der Waals surface area contributed by atoms with Crippen molar-refractivity contribution in [3.8, 4) is 0 Å². The summed E-state index contributed by atoms with van der Waals surface area (Å²) in [6, 6.07) is 0. The first-order chi connectivity index (χ1) is 6.83. The van der Waals surface area contributed by atoms with E-state index in [-0.39, 0.29) is 0 Å². The molecule has 0 amide bonds. The van der Waals surface area contributed by atoms with E-state index in [0.717, 1.165) is 13.2 Å². The first-order valence-electron chi connectivity index (χ1n) is 5.98. The summed E-state index contributed by atoms with van der Waals surface area (Å²) in [5.74, 6) is 0. The summed E-state index contributed by atoms with van der Waals surface area (Å²) >= 11 is 0. The average molecular weight is 200 g/mol. The molecule has 84 valence electrons. The highest BCUT2D eigenvalue weighted by molar-refractivity contribution is 4.80. The van der Waals surface area contributed by atoms with Crippen LogP contribution < -0.4 is 0 Å². The molecule has 0 unspecified atom stereocenters. The van der Waals surface area contributed by atoms with Crippen LogP contribution in [0.4, 0.5) is 0 Å². The Labute approximate surface area is 88.0 Å². The zero-order valence-corrected chi connectivity index (χ0v) is 9.68. The van der Waals surface area contributed by atoms with Crippen LogP contribution in [0.1, 0.15) is 52.4 Å². The van der Waals surface area contributed by atoms with Gasteiger partial charge in [0.15, 0.2) is 0 Å². The van der Waals surface area contributed by atoms with Gasteiger partial charge < -0.3 is 9.47 Å². The summed E-state index contributed by atoms with van der Waals surface area (Å²) in [6.45, 7) is 6.82. The largest absolute Gasteiger partial charge is 0.355 e. The Morgan fingerprint density at radius 2 is 1.43 bits per heavy atom. The summed E-state index contributed by atoms with van der Waals surface area (Å²) in [5.41, 5.74) is 0.338. The predicted octanol–water partition coefficient (Wildman–Crippen LogP) is 3.36. The molecule has 0 aromatic heterocycles. The van der Waals surface area contributed by atoms with E-state index < -0.39 is 0 Å². The number of unbranched alkanes of at least 4 members (excludes halogenated alkanes) is 2. The van der Waals surface area contributed by atoms with Gasteiger partial charge in [-0.2, -0.15) is 0 Å². The molecule has 0 radical (unpaired) electrons. The van der Waals surface area contributed by atoms with E-state index in [9.17, 15) is 0 Å². The van der Waals surface area contributed by atoms with Crippen molar-refractivity contribution in [3.63, 3.8) is 0 Å². The lowest BCUT2D eigenvalue weighted by molar-refractivity contribution is -0.169. The van der Waals surface area contributed by atoms with Gasteiger partial charge in [-0.3, -0.25) is 0 Å². The first-order valence-corrected chi connectivity index (χ1v) is 5.98. The van der Waals surface area contributed by atoms with Crippen LogP contribution in [0.3, 0.4) is 0 Å². The Balaban J connectivity index is 2.39. The molecular formula is C12H24O2. The van der Waals surface area contributed by atoms with E-state index in [0.29, 0.717) is 12.2 Å². The molecule has 1 aliphatic rings. The van der Waals surface area contributed by atoms with Gasteiger partial charge in [-0.1, -0.05) is 39.5 Å². The van der Waals surface area contributed by atoms with Gasteiger partial charge in [0.2, 0.25) is 0 Å². The minimum atomic E-state index is 0.338. The summed E-state index contributed by atoms with van der Waals surface area (Å²) in [4.78, 5) is 0. The van der Waals surface area contributed by atoms with Crippen molar-refractivity contribution in [3.05, 3.63) is 0 Å². The fraction of sp³-hybridized carbons (Fsp3) is 1.00. The van der Waals surface area contributed by atoms with Crippen molar-refractivity contribution in [2.24, 2.45) is 5.41 Å². The third-order valence-corrected chi connectivity index (χ3v) is 3.10. The monoisotopic (exact) mass is 200 g/mol. The minimum Gasteiger partial charge on any atom is -0.355 e. The van der Waals surface area contributed by atoms with Crippen LogP contribution in [0.25, 0.3) is 0 Å². The Morgan fingerprint density at radius 1 is 0.929 bits per heavy atom. The molecule has 0 aliphatic carbocycles. The quantitative estimate of drug-likeness (QED) is 0.654. The fourth-order valence-electron chi connectivity index (χ4n) is 2.13. The topological polar surface area (TPSA) is 18.5 Å². The highest BCUT2D eigenvalue weighted by atomic mass is 16.7. The molecule has 2 heteroatoms. The zero-order valence-electron chi connectivity index (χ0n) is 9.68. The number of hydrogen-bond acceptors (Lipinski definition) is 2. The highest BCUT2D eigenvalue weighted by Crippen LogP contribution is 2.34. The number of rotatable bonds is 6. The summed E-state index contributed by atoms with van der Waals surface area (Å²) in [7, 11) is 0. The van der Waals surface area contributed by atoms with Crippen molar-refractivity contribution < 1.29 is 9.47 Å². The van der Waals surface area contributed by atoms with Gasteiger partial charge in [-0.05, 0) is 12.8 Å². The van der Waals surface area contributed by atoms with E-state index in [1.807, 2.05) is 0 Å². The minimum absolute atomic E-state index is 0.338. The maximum atomic E-state index is 5.46. The van der Waals surface area contributed by atoms with E-state index in [1.54, 1.807) is 0 Å². The molecule has 0 saturated carbocycles.